The molecule has 1 amide bonds. The van der Waals surface area contributed by atoms with Crippen LogP contribution in [0.2, 0.25) is 0 Å². The number of carbonyl (C=O) groups excluding carboxylic acids is 1. The van der Waals surface area contributed by atoms with Crippen molar-refractivity contribution in [3.63, 3.8) is 0 Å². The Morgan fingerprint density at radius 1 is 0.871 bits per heavy atom. The fourth-order valence-corrected chi connectivity index (χ4v) is 2.55. The van der Waals surface area contributed by atoms with Crippen molar-refractivity contribution in [3.05, 3.63) is 78.4 Å². The lowest BCUT2D eigenvalue weighted by Crippen LogP contribution is -2.16. The van der Waals surface area contributed by atoms with Crippen molar-refractivity contribution in [3.8, 4) is 11.5 Å². The summed E-state index contributed by atoms with van der Waals surface area (Å²) in [5.41, 5.74) is 2.82. The molecule has 8 nitrogen and oxygen atoms in total. The van der Waals surface area contributed by atoms with Gasteiger partial charge in [0.15, 0.2) is 18.1 Å². The minimum Gasteiger partial charge on any atom is -0.493 e. The molecule has 0 saturated carbocycles. The van der Waals surface area contributed by atoms with Gasteiger partial charge in [-0.05, 0) is 54.6 Å². The largest absolute Gasteiger partial charge is 0.493 e. The standard InChI is InChI=1S/C23H22N4O4/c1-29-21-13-8-17(14-22(21)30-2)15-24-31-16-23(28)25-18-9-11-20(12-10-18)27-26-19-6-4-3-5-7-19/h3-15H,16H2,1-2H3,(H,25,28)/b24-15-,27-26?. The van der Waals surface area contributed by atoms with Crippen LogP contribution in [0.5, 0.6) is 11.5 Å². The average Bonchev–Trinajstić information content (AvgIpc) is 2.82. The number of nitrogens with one attached hydrogen (secondary N) is 1. The first-order valence-corrected chi connectivity index (χ1v) is 9.42. The Morgan fingerprint density at radius 2 is 1.55 bits per heavy atom. The van der Waals surface area contributed by atoms with Gasteiger partial charge in [-0.25, -0.2) is 0 Å². The zero-order valence-electron chi connectivity index (χ0n) is 17.2. The smallest absolute Gasteiger partial charge is 0.265 e. The highest BCUT2D eigenvalue weighted by Crippen LogP contribution is 2.26. The Hall–Kier alpha value is -4.20. The molecule has 0 atom stereocenters. The Balaban J connectivity index is 1.46. The highest BCUT2D eigenvalue weighted by molar-refractivity contribution is 5.91. The van der Waals surface area contributed by atoms with Crippen LogP contribution in [0.25, 0.3) is 0 Å². The summed E-state index contributed by atoms with van der Waals surface area (Å²) in [6.07, 6.45) is 1.49. The second-order valence-electron chi connectivity index (χ2n) is 6.25. The molecule has 158 valence electrons. The third kappa shape index (κ3) is 6.67. The minimum atomic E-state index is -0.330. The van der Waals surface area contributed by atoms with Gasteiger partial charge in [0.05, 0.1) is 31.8 Å². The third-order valence-corrected chi connectivity index (χ3v) is 4.07. The van der Waals surface area contributed by atoms with Crippen LogP contribution in [0.3, 0.4) is 0 Å². The molecule has 3 aromatic carbocycles. The van der Waals surface area contributed by atoms with Gasteiger partial charge in [-0.3, -0.25) is 4.79 Å². The molecule has 0 heterocycles. The van der Waals surface area contributed by atoms with Crippen LogP contribution in [0.1, 0.15) is 5.56 Å². The fraction of sp³-hybridized carbons (Fsp3) is 0.130. The summed E-state index contributed by atoms with van der Waals surface area (Å²) in [6.45, 7) is -0.223. The van der Waals surface area contributed by atoms with Crippen molar-refractivity contribution >= 4 is 29.2 Å². The first-order chi connectivity index (χ1) is 15.2. The molecule has 0 aliphatic heterocycles. The van der Waals surface area contributed by atoms with Crippen LogP contribution in [0.15, 0.2) is 88.2 Å². The van der Waals surface area contributed by atoms with Crippen LogP contribution in [-0.2, 0) is 9.63 Å². The molecule has 0 fully saturated rings. The summed E-state index contributed by atoms with van der Waals surface area (Å²) in [5, 5.41) is 14.9. The van der Waals surface area contributed by atoms with E-state index in [1.54, 1.807) is 56.7 Å². The molecule has 0 bridgehead atoms. The number of benzene rings is 3. The molecule has 0 radical (unpaired) electrons. The van der Waals surface area contributed by atoms with E-state index in [1.165, 1.54) is 6.21 Å². The van der Waals surface area contributed by atoms with Crippen molar-refractivity contribution in [2.24, 2.45) is 15.4 Å². The summed E-state index contributed by atoms with van der Waals surface area (Å²) in [6, 6.07) is 21.8. The maximum absolute atomic E-state index is 12.0. The van der Waals surface area contributed by atoms with Gasteiger partial charge < -0.3 is 19.6 Å². The number of azo groups is 1. The number of oxime groups is 1. The fourth-order valence-electron chi connectivity index (χ4n) is 2.55. The molecule has 0 aliphatic carbocycles. The molecule has 0 spiro atoms. The van der Waals surface area contributed by atoms with Gasteiger partial charge in [-0.2, -0.15) is 10.2 Å². The van der Waals surface area contributed by atoms with Crippen molar-refractivity contribution in [2.75, 3.05) is 26.1 Å². The number of ether oxygens (including phenoxy) is 2. The van der Waals surface area contributed by atoms with Crippen molar-refractivity contribution in [1.29, 1.82) is 0 Å². The molecule has 0 unspecified atom stereocenters. The molecule has 8 heteroatoms. The summed E-state index contributed by atoms with van der Waals surface area (Å²) >= 11 is 0. The van der Waals surface area contributed by atoms with Crippen molar-refractivity contribution in [2.45, 2.75) is 0 Å². The Kier molecular flexibility index (Phi) is 7.70. The predicted molar refractivity (Wildman–Crippen MR) is 119 cm³/mol. The van der Waals surface area contributed by atoms with E-state index >= 15 is 0 Å². The van der Waals surface area contributed by atoms with Crippen LogP contribution < -0.4 is 14.8 Å². The highest BCUT2D eigenvalue weighted by atomic mass is 16.6. The maximum atomic E-state index is 12.0. The van der Waals surface area contributed by atoms with Gasteiger partial charge in [0, 0.05) is 11.3 Å². The van der Waals surface area contributed by atoms with Crippen molar-refractivity contribution in [1.82, 2.24) is 0 Å². The van der Waals surface area contributed by atoms with E-state index in [0.29, 0.717) is 22.9 Å². The lowest BCUT2D eigenvalue weighted by Gasteiger charge is -2.07. The minimum absolute atomic E-state index is 0.223. The Labute approximate surface area is 180 Å². The van der Waals surface area contributed by atoms with Crippen LogP contribution in [0, 0.1) is 0 Å². The summed E-state index contributed by atoms with van der Waals surface area (Å²) in [5.74, 6) is 0.867. The number of methoxy groups -OCH3 is 2. The molecular formula is C23H22N4O4. The van der Waals surface area contributed by atoms with Gasteiger partial charge in [0.25, 0.3) is 5.91 Å². The van der Waals surface area contributed by atoms with Gasteiger partial charge in [-0.15, -0.1) is 0 Å². The second-order valence-corrected chi connectivity index (χ2v) is 6.25. The summed E-state index contributed by atoms with van der Waals surface area (Å²) in [4.78, 5) is 17.1. The van der Waals surface area contributed by atoms with Gasteiger partial charge in [-0.1, -0.05) is 23.4 Å². The van der Waals surface area contributed by atoms with E-state index in [1.807, 2.05) is 30.3 Å². The molecule has 0 aliphatic rings. The Bertz CT molecular complexity index is 1050. The van der Waals surface area contributed by atoms with E-state index in [9.17, 15) is 4.79 Å². The number of nitrogens with zero attached hydrogens (tertiary/aromatic N) is 3. The highest BCUT2D eigenvalue weighted by Gasteiger charge is 2.04. The molecular weight excluding hydrogens is 396 g/mol. The SMILES string of the molecule is COc1ccc(/C=N\OCC(=O)Nc2ccc(N=Nc3ccccc3)cc2)cc1OC. The van der Waals surface area contributed by atoms with E-state index in [0.717, 1.165) is 11.3 Å². The van der Waals surface area contributed by atoms with Gasteiger partial charge in [0.1, 0.15) is 0 Å². The lowest BCUT2D eigenvalue weighted by atomic mass is 10.2. The molecule has 31 heavy (non-hydrogen) atoms. The number of rotatable bonds is 9. The average molecular weight is 418 g/mol. The van der Waals surface area contributed by atoms with Gasteiger partial charge in [0.2, 0.25) is 0 Å². The van der Waals surface area contributed by atoms with Gasteiger partial charge >= 0.3 is 0 Å². The zero-order valence-corrected chi connectivity index (χ0v) is 17.2. The number of hydrogen-bond acceptors (Lipinski definition) is 7. The first-order valence-electron chi connectivity index (χ1n) is 9.42. The predicted octanol–water partition coefficient (Wildman–Crippen LogP) is 5.11. The second kappa shape index (κ2) is 11.1. The number of anilines is 1. The molecule has 0 aromatic heterocycles. The molecule has 3 aromatic rings. The van der Waals surface area contributed by atoms with Crippen LogP contribution >= 0.6 is 0 Å². The van der Waals surface area contributed by atoms with Crippen molar-refractivity contribution < 1.29 is 19.1 Å². The third-order valence-electron chi connectivity index (χ3n) is 4.07. The van der Waals surface area contributed by atoms with E-state index < -0.39 is 0 Å². The normalized spacial score (nSPS) is 10.9. The number of carbonyl (C=O) groups is 1. The first kappa shape index (κ1) is 21.5. The summed E-state index contributed by atoms with van der Waals surface area (Å²) in [7, 11) is 3.12. The number of hydrogen-bond donors (Lipinski definition) is 1. The van der Waals surface area contributed by atoms with Crippen LogP contribution in [0.4, 0.5) is 17.1 Å². The van der Waals surface area contributed by atoms with E-state index in [2.05, 4.69) is 20.7 Å². The van der Waals surface area contributed by atoms with E-state index in [-0.39, 0.29) is 12.5 Å². The van der Waals surface area contributed by atoms with E-state index in [4.69, 9.17) is 14.3 Å². The number of amides is 1. The zero-order chi connectivity index (χ0) is 21.9. The topological polar surface area (TPSA) is 93.9 Å². The molecule has 0 saturated heterocycles. The maximum Gasteiger partial charge on any atom is 0.265 e. The monoisotopic (exact) mass is 418 g/mol. The quantitative estimate of drug-likeness (QED) is 0.297. The summed E-state index contributed by atoms with van der Waals surface area (Å²) < 4.78 is 10.4. The molecule has 3 rings (SSSR count). The lowest BCUT2D eigenvalue weighted by molar-refractivity contribution is -0.120. The van der Waals surface area contributed by atoms with Crippen LogP contribution in [-0.4, -0.2) is 32.9 Å². The Morgan fingerprint density at radius 3 is 2.23 bits per heavy atom. The molecule has 1 N–H and O–H groups in total.